The van der Waals surface area contributed by atoms with E-state index in [2.05, 4.69) is 10.3 Å². The number of hydrogen-bond acceptors (Lipinski definition) is 3. The average molecular weight is 256 g/mol. The van der Waals surface area contributed by atoms with E-state index >= 15 is 0 Å². The Bertz CT molecular complexity index is 459. The maximum Gasteiger partial charge on any atom is 0.238 e. The van der Waals surface area contributed by atoms with Crippen LogP contribution in [-0.4, -0.2) is 15.9 Å². The largest absolute Gasteiger partial charge is 0.392 e. The van der Waals surface area contributed by atoms with Gasteiger partial charge in [-0.15, -0.1) is 0 Å². The van der Waals surface area contributed by atoms with Gasteiger partial charge in [0.25, 0.3) is 0 Å². The molecular weight excluding hydrogens is 246 g/mol. The van der Waals surface area contributed by atoms with Crippen LogP contribution in [0.5, 0.6) is 0 Å². The van der Waals surface area contributed by atoms with Gasteiger partial charge in [-0.2, -0.15) is 0 Å². The summed E-state index contributed by atoms with van der Waals surface area (Å²) in [5, 5.41) is 3.04. The molecule has 0 aromatic carbocycles. The van der Waals surface area contributed by atoms with E-state index in [1.807, 2.05) is 0 Å². The van der Waals surface area contributed by atoms with Crippen molar-refractivity contribution in [1.82, 2.24) is 4.98 Å². The molecule has 1 aromatic rings. The van der Waals surface area contributed by atoms with E-state index in [-0.39, 0.29) is 10.9 Å². The van der Waals surface area contributed by atoms with Crippen molar-refractivity contribution in [2.24, 2.45) is 11.1 Å². The average Bonchev–Trinajstić information content (AvgIpc) is 3.02. The van der Waals surface area contributed by atoms with E-state index in [1.165, 1.54) is 0 Å². The predicted octanol–water partition coefficient (Wildman–Crippen LogP) is 1.74. The van der Waals surface area contributed by atoms with E-state index in [0.717, 1.165) is 0 Å². The van der Waals surface area contributed by atoms with Crippen LogP contribution in [0, 0.1) is 5.41 Å². The molecule has 3 N–H and O–H groups in total. The van der Waals surface area contributed by atoms with Gasteiger partial charge in [-0.1, -0.05) is 23.8 Å². The molecule has 0 atom stereocenters. The minimum atomic E-state index is -0.684. The maximum atomic E-state index is 11.9. The van der Waals surface area contributed by atoms with Gasteiger partial charge in [0.2, 0.25) is 5.91 Å². The zero-order chi connectivity index (χ0) is 11.8. The van der Waals surface area contributed by atoms with Crippen molar-refractivity contribution in [3.05, 3.63) is 23.4 Å². The molecule has 1 fully saturated rings. The highest BCUT2D eigenvalue weighted by Gasteiger charge is 2.52. The molecule has 1 heterocycles. The van der Waals surface area contributed by atoms with Crippen LogP contribution in [0.25, 0.3) is 0 Å². The first-order valence-corrected chi connectivity index (χ1v) is 5.57. The fourth-order valence-corrected chi connectivity index (χ4v) is 1.88. The maximum absolute atomic E-state index is 11.9. The quantitative estimate of drug-likeness (QED) is 0.808. The Morgan fingerprint density at radius 1 is 1.62 bits per heavy atom. The molecule has 1 aliphatic rings. The van der Waals surface area contributed by atoms with Gasteiger partial charge in [0.15, 0.2) is 5.82 Å². The molecule has 1 amide bonds. The monoisotopic (exact) mass is 255 g/mol. The summed E-state index contributed by atoms with van der Waals surface area (Å²) in [7, 11) is 0. The van der Waals surface area contributed by atoms with Crippen molar-refractivity contribution in [3.8, 4) is 0 Å². The number of amides is 1. The summed E-state index contributed by atoms with van der Waals surface area (Å²) < 4.78 is 0. The predicted molar refractivity (Wildman–Crippen MR) is 66.3 cm³/mol. The van der Waals surface area contributed by atoms with E-state index in [0.29, 0.717) is 23.7 Å². The first kappa shape index (κ1) is 11.3. The normalized spacial score (nSPS) is 16.6. The first-order valence-electron chi connectivity index (χ1n) is 4.78. The molecular formula is C10H10ClN3OS. The van der Waals surface area contributed by atoms with E-state index in [9.17, 15) is 4.79 Å². The highest BCUT2D eigenvalue weighted by Crippen LogP contribution is 2.46. The molecule has 0 aliphatic heterocycles. The first-order chi connectivity index (χ1) is 7.56. The van der Waals surface area contributed by atoms with Crippen LogP contribution in [-0.2, 0) is 4.79 Å². The highest BCUT2D eigenvalue weighted by atomic mass is 35.5. The van der Waals surface area contributed by atoms with E-state index in [1.54, 1.807) is 18.3 Å². The Hall–Kier alpha value is -1.20. The molecule has 0 spiro atoms. The van der Waals surface area contributed by atoms with Crippen LogP contribution in [0.4, 0.5) is 5.82 Å². The lowest BCUT2D eigenvalue weighted by Crippen LogP contribution is -2.35. The third-order valence-corrected chi connectivity index (χ3v) is 3.34. The second-order valence-corrected chi connectivity index (χ2v) is 4.58. The van der Waals surface area contributed by atoms with Crippen LogP contribution < -0.4 is 11.1 Å². The van der Waals surface area contributed by atoms with Crippen LogP contribution in [0.15, 0.2) is 18.3 Å². The summed E-state index contributed by atoms with van der Waals surface area (Å²) >= 11 is 10.8. The van der Waals surface area contributed by atoms with Gasteiger partial charge in [0, 0.05) is 6.20 Å². The van der Waals surface area contributed by atoms with E-state index < -0.39 is 5.41 Å². The zero-order valence-corrected chi connectivity index (χ0v) is 9.94. The van der Waals surface area contributed by atoms with Crippen molar-refractivity contribution < 1.29 is 4.79 Å². The summed E-state index contributed by atoms with van der Waals surface area (Å²) in [5.74, 6) is 0.122. The summed E-state index contributed by atoms with van der Waals surface area (Å²) in [6, 6.07) is 3.35. The van der Waals surface area contributed by atoms with E-state index in [4.69, 9.17) is 29.6 Å². The minimum Gasteiger partial charge on any atom is -0.392 e. The summed E-state index contributed by atoms with van der Waals surface area (Å²) in [5.41, 5.74) is 4.86. The zero-order valence-electron chi connectivity index (χ0n) is 8.37. The van der Waals surface area contributed by atoms with Crippen molar-refractivity contribution in [2.45, 2.75) is 12.8 Å². The number of pyridine rings is 1. The standard InChI is InChI=1S/C10H10ClN3OS/c11-6-2-1-5-13-7(6)14-9(15)10(3-4-10)8(12)16/h1-2,5H,3-4H2,(H2,12,16)(H,13,14,15). The topological polar surface area (TPSA) is 68.0 Å². The molecule has 0 saturated heterocycles. The number of carbonyl (C=O) groups is 1. The number of halogens is 1. The number of anilines is 1. The number of thiocarbonyl (C=S) groups is 1. The van der Waals surface area contributed by atoms with Crippen molar-refractivity contribution in [1.29, 1.82) is 0 Å². The van der Waals surface area contributed by atoms with Crippen LogP contribution >= 0.6 is 23.8 Å². The Labute approximate surface area is 103 Å². The van der Waals surface area contributed by atoms with Crippen molar-refractivity contribution in [3.63, 3.8) is 0 Å². The fraction of sp³-hybridized carbons (Fsp3) is 0.300. The second-order valence-electron chi connectivity index (χ2n) is 3.73. The van der Waals surface area contributed by atoms with Gasteiger partial charge < -0.3 is 11.1 Å². The molecule has 1 aromatic heterocycles. The highest BCUT2D eigenvalue weighted by molar-refractivity contribution is 7.80. The van der Waals surface area contributed by atoms with Crippen LogP contribution in [0.3, 0.4) is 0 Å². The Morgan fingerprint density at radius 3 is 2.81 bits per heavy atom. The lowest BCUT2D eigenvalue weighted by Gasteiger charge is -2.13. The summed E-state index contributed by atoms with van der Waals surface area (Å²) in [4.78, 5) is 16.1. The number of aromatic nitrogens is 1. The molecule has 2 rings (SSSR count). The molecule has 0 bridgehead atoms. The SMILES string of the molecule is NC(=S)C1(C(=O)Nc2ncccc2Cl)CC1. The molecule has 0 radical (unpaired) electrons. The third-order valence-electron chi connectivity index (χ3n) is 2.65. The van der Waals surface area contributed by atoms with Gasteiger partial charge in [0.05, 0.1) is 15.4 Å². The number of nitrogens with one attached hydrogen (secondary N) is 1. The van der Waals surface area contributed by atoms with Gasteiger partial charge in [-0.25, -0.2) is 4.98 Å². The molecule has 4 nitrogen and oxygen atoms in total. The van der Waals surface area contributed by atoms with Crippen molar-refractivity contribution >= 4 is 40.5 Å². The molecule has 1 saturated carbocycles. The lowest BCUT2D eigenvalue weighted by atomic mass is 10.1. The number of nitrogens with two attached hydrogens (primary N) is 1. The second kappa shape index (κ2) is 3.99. The van der Waals surface area contributed by atoms with Crippen LogP contribution in [0.1, 0.15) is 12.8 Å². The number of carbonyl (C=O) groups excluding carboxylic acids is 1. The van der Waals surface area contributed by atoms with Gasteiger partial charge >= 0.3 is 0 Å². The number of nitrogens with zero attached hydrogens (tertiary/aromatic N) is 1. The number of rotatable bonds is 3. The molecule has 1 aliphatic carbocycles. The Kier molecular flexibility index (Phi) is 2.82. The van der Waals surface area contributed by atoms with Gasteiger partial charge in [0.1, 0.15) is 0 Å². The minimum absolute atomic E-state index is 0.222. The van der Waals surface area contributed by atoms with Crippen LogP contribution in [0.2, 0.25) is 5.02 Å². The van der Waals surface area contributed by atoms with Crippen molar-refractivity contribution in [2.75, 3.05) is 5.32 Å². The smallest absolute Gasteiger partial charge is 0.238 e. The molecule has 0 unspecified atom stereocenters. The fourth-order valence-electron chi connectivity index (χ4n) is 1.42. The lowest BCUT2D eigenvalue weighted by molar-refractivity contribution is -0.118. The summed E-state index contributed by atoms with van der Waals surface area (Å²) in [6.45, 7) is 0. The Morgan fingerprint density at radius 2 is 2.31 bits per heavy atom. The Balaban J connectivity index is 2.15. The molecule has 16 heavy (non-hydrogen) atoms. The summed E-state index contributed by atoms with van der Waals surface area (Å²) in [6.07, 6.45) is 2.94. The molecule has 6 heteroatoms. The van der Waals surface area contributed by atoms with Gasteiger partial charge in [-0.3, -0.25) is 4.79 Å². The van der Waals surface area contributed by atoms with Gasteiger partial charge in [-0.05, 0) is 25.0 Å². The molecule has 84 valence electrons. The number of hydrogen-bond donors (Lipinski definition) is 2. The third kappa shape index (κ3) is 1.88.